The summed E-state index contributed by atoms with van der Waals surface area (Å²) in [7, 11) is 0. The number of esters is 3. The lowest BCUT2D eigenvalue weighted by Crippen LogP contribution is -2.67. The third-order valence-corrected chi connectivity index (χ3v) is 13.9. The zero-order valence-corrected chi connectivity index (χ0v) is 45.2. The van der Waals surface area contributed by atoms with Gasteiger partial charge in [-0.3, -0.25) is 0 Å². The van der Waals surface area contributed by atoms with Crippen LogP contribution in [0.3, 0.4) is 0 Å². The van der Waals surface area contributed by atoms with Crippen LogP contribution in [-0.4, -0.2) is 92.5 Å². The van der Waals surface area contributed by atoms with Crippen LogP contribution in [0.25, 0.3) is 0 Å². The van der Waals surface area contributed by atoms with E-state index in [9.17, 15) is 14.4 Å². The van der Waals surface area contributed by atoms with E-state index in [0.717, 1.165) is 27.8 Å². The highest BCUT2D eigenvalue weighted by molar-refractivity contribution is 5.91. The van der Waals surface area contributed by atoms with Crippen LogP contribution in [0.1, 0.15) is 58.9 Å². The summed E-state index contributed by atoms with van der Waals surface area (Å²) in [5, 5.41) is 0. The molecule has 2 aliphatic heterocycles. The highest BCUT2D eigenvalue weighted by Crippen LogP contribution is 2.37. The van der Waals surface area contributed by atoms with E-state index in [2.05, 4.69) is 0 Å². The second-order valence-corrected chi connectivity index (χ2v) is 19.8. The number of carbonyl (C=O) groups is 3. The summed E-state index contributed by atoms with van der Waals surface area (Å²) in [6.45, 7) is 2.04. The Morgan fingerprint density at radius 1 is 0.366 bits per heavy atom. The minimum atomic E-state index is -1.58. The minimum absolute atomic E-state index is 0.0136. The first-order chi connectivity index (χ1) is 40.3. The normalized spacial score (nSPS) is 22.3. The molecule has 0 amide bonds. The third kappa shape index (κ3) is 15.6. The van der Waals surface area contributed by atoms with Crippen molar-refractivity contribution in [3.63, 3.8) is 0 Å². The first kappa shape index (κ1) is 56.9. The molecule has 2 saturated heterocycles. The fraction of sp³-hybridized carbons (Fsp3) is 0.250. The molecule has 8 aromatic rings. The molecule has 0 saturated carbocycles. The van der Waals surface area contributed by atoms with Crippen molar-refractivity contribution < 1.29 is 66.5 Å². The molecular weight excluding hydrogens is 1040 g/mol. The lowest BCUT2D eigenvalue weighted by atomic mass is 9.95. The van der Waals surface area contributed by atoms with Crippen LogP contribution in [0.2, 0.25) is 0 Å². The fourth-order valence-corrected chi connectivity index (χ4v) is 9.64. The highest BCUT2D eigenvalue weighted by atomic mass is 16.8. The predicted molar refractivity (Wildman–Crippen MR) is 303 cm³/mol. The molecule has 14 heteroatoms. The molecule has 82 heavy (non-hydrogen) atoms. The topological polar surface area (TPSA) is 153 Å². The molecule has 2 fully saturated rings. The van der Waals surface area contributed by atoms with Crippen molar-refractivity contribution in [2.75, 3.05) is 13.2 Å². The van der Waals surface area contributed by atoms with Crippen molar-refractivity contribution in [1.29, 1.82) is 0 Å². The molecule has 0 unspecified atom stereocenters. The van der Waals surface area contributed by atoms with Crippen molar-refractivity contribution in [2.24, 2.45) is 0 Å². The number of rotatable bonds is 24. The Kier molecular flexibility index (Phi) is 20.1. The number of ether oxygens (including phenoxy) is 11. The van der Waals surface area contributed by atoms with Gasteiger partial charge in [0.15, 0.2) is 12.4 Å². The molecule has 420 valence electrons. The maximum atomic E-state index is 14.7. The van der Waals surface area contributed by atoms with Gasteiger partial charge in [-0.1, -0.05) is 194 Å². The van der Waals surface area contributed by atoms with E-state index in [1.54, 1.807) is 103 Å². The third-order valence-electron chi connectivity index (χ3n) is 13.9. The second kappa shape index (κ2) is 28.9. The van der Waals surface area contributed by atoms with Crippen molar-refractivity contribution in [3.8, 4) is 5.75 Å². The Hall–Kier alpha value is -8.31. The molecule has 8 aromatic carbocycles. The van der Waals surface area contributed by atoms with E-state index in [-0.39, 0.29) is 49.7 Å². The maximum absolute atomic E-state index is 14.7. The summed E-state index contributed by atoms with van der Waals surface area (Å²) < 4.78 is 74.8. The van der Waals surface area contributed by atoms with Crippen LogP contribution >= 0.6 is 0 Å². The maximum Gasteiger partial charge on any atom is 0.338 e. The Morgan fingerprint density at radius 3 is 1.24 bits per heavy atom. The molecule has 10 rings (SSSR count). The minimum Gasteiger partial charge on any atom is -0.461 e. The Bertz CT molecular complexity index is 3200. The van der Waals surface area contributed by atoms with E-state index in [1.807, 2.05) is 140 Å². The molecule has 0 aromatic heterocycles. The molecule has 0 aliphatic carbocycles. The number of carbonyl (C=O) groups excluding carboxylic acids is 3. The van der Waals surface area contributed by atoms with Crippen LogP contribution < -0.4 is 4.74 Å². The first-order valence-corrected chi connectivity index (χ1v) is 27.3. The van der Waals surface area contributed by atoms with E-state index in [1.165, 1.54) is 0 Å². The SMILES string of the molecule is Cc1ccc(O[C@H]2O[C@H](COC(=O)c3ccccc3)[C@@H](O[C@@H]3O[C@H](COCc4ccccc4)[C@H](OCc4ccccc4)[C@H](OCc4ccccc4)[C@H]3OCc3ccccc3)[C@H](OC(=O)c3ccccc3)[C@H]2OC(=O)c2ccccc2)cc1. The average molecular weight is 1110 g/mol. The monoisotopic (exact) mass is 1100 g/mol. The molecule has 2 heterocycles. The summed E-state index contributed by atoms with van der Waals surface area (Å²) in [6, 6.07) is 71.3. The van der Waals surface area contributed by atoms with Gasteiger partial charge in [0.1, 0.15) is 49.0 Å². The molecule has 0 radical (unpaired) electrons. The fourth-order valence-electron chi connectivity index (χ4n) is 9.64. The van der Waals surface area contributed by atoms with E-state index in [4.69, 9.17) is 52.1 Å². The smallest absolute Gasteiger partial charge is 0.338 e. The van der Waals surface area contributed by atoms with E-state index >= 15 is 0 Å². The van der Waals surface area contributed by atoms with Crippen LogP contribution in [0.4, 0.5) is 0 Å². The average Bonchev–Trinajstić information content (AvgIpc) is 3.62. The summed E-state index contributed by atoms with van der Waals surface area (Å²) in [5.41, 5.74) is 5.16. The summed E-state index contributed by atoms with van der Waals surface area (Å²) in [5.74, 6) is -1.90. The number of benzene rings is 8. The Balaban J connectivity index is 1.10. The van der Waals surface area contributed by atoms with E-state index < -0.39 is 85.9 Å². The quantitative estimate of drug-likeness (QED) is 0.0416. The largest absolute Gasteiger partial charge is 0.461 e. The number of aryl methyl sites for hydroxylation is 1. The van der Waals surface area contributed by atoms with Gasteiger partial charge in [-0.15, -0.1) is 0 Å². The van der Waals surface area contributed by atoms with E-state index in [0.29, 0.717) is 5.75 Å². The molecule has 0 spiro atoms. The molecule has 0 N–H and O–H groups in total. The van der Waals surface area contributed by atoms with Crippen LogP contribution in [0, 0.1) is 6.92 Å². The van der Waals surface area contributed by atoms with Crippen molar-refractivity contribution in [2.45, 2.75) is 94.8 Å². The zero-order chi connectivity index (χ0) is 56.3. The van der Waals surface area contributed by atoms with Gasteiger partial charge in [0.2, 0.25) is 12.4 Å². The summed E-state index contributed by atoms with van der Waals surface area (Å²) in [4.78, 5) is 43.2. The number of hydrogen-bond donors (Lipinski definition) is 0. The Morgan fingerprint density at radius 2 is 0.756 bits per heavy atom. The van der Waals surface area contributed by atoms with Gasteiger partial charge in [-0.2, -0.15) is 0 Å². The van der Waals surface area contributed by atoms with Crippen molar-refractivity contribution >= 4 is 17.9 Å². The molecule has 2 aliphatic rings. The van der Waals surface area contributed by atoms with Gasteiger partial charge in [-0.25, -0.2) is 14.4 Å². The van der Waals surface area contributed by atoms with Gasteiger partial charge in [0.05, 0.1) is 49.7 Å². The lowest BCUT2D eigenvalue weighted by molar-refractivity contribution is -0.364. The molecule has 14 nitrogen and oxygen atoms in total. The highest BCUT2D eigenvalue weighted by Gasteiger charge is 2.57. The summed E-state index contributed by atoms with van der Waals surface area (Å²) in [6.07, 6.45) is -12.7. The van der Waals surface area contributed by atoms with Crippen molar-refractivity contribution in [1.82, 2.24) is 0 Å². The predicted octanol–water partition coefficient (Wildman–Crippen LogP) is 11.5. The van der Waals surface area contributed by atoms with Gasteiger partial charge < -0.3 is 52.1 Å². The van der Waals surface area contributed by atoms with Gasteiger partial charge in [0.25, 0.3) is 0 Å². The molecular formula is C68H64O14. The van der Waals surface area contributed by atoms with Crippen molar-refractivity contribution in [3.05, 3.63) is 281 Å². The zero-order valence-electron chi connectivity index (χ0n) is 45.2. The summed E-state index contributed by atoms with van der Waals surface area (Å²) >= 11 is 0. The molecule has 10 atom stereocenters. The standard InChI is InChI=1S/C68H64O14/c1-47-37-39-55(40-38-47)77-68-63(81-66(71)54-35-21-8-22-36-54)61(80-65(70)53-33-19-7-20-34-53)59(57(79-68)46-76-64(69)52-31-17-6-18-32-52)82-67-62(75-44-51-29-15-5-16-30-51)60(74-43-50-27-13-4-14-28-50)58(73-42-49-25-11-3-12-26-49)56(78-67)45-72-41-48-23-9-2-10-24-48/h2-40,56-63,67-68H,41-46H2,1H3/t56-,57-,58+,59-,60+,61+,62-,63-,67+,68+/m1/s1. The Labute approximate surface area is 477 Å². The van der Waals surface area contributed by atoms with Gasteiger partial charge in [0, 0.05) is 0 Å². The van der Waals surface area contributed by atoms with Gasteiger partial charge >= 0.3 is 17.9 Å². The first-order valence-electron chi connectivity index (χ1n) is 27.3. The van der Waals surface area contributed by atoms with Crippen LogP contribution in [0.5, 0.6) is 5.75 Å². The van der Waals surface area contributed by atoms with Gasteiger partial charge in [-0.05, 0) is 77.7 Å². The van der Waals surface area contributed by atoms with Crippen LogP contribution in [-0.2, 0) is 73.8 Å². The number of hydrogen-bond acceptors (Lipinski definition) is 14. The van der Waals surface area contributed by atoms with Crippen LogP contribution in [0.15, 0.2) is 237 Å². The molecule has 0 bridgehead atoms. The lowest BCUT2D eigenvalue weighted by Gasteiger charge is -2.49. The second-order valence-electron chi connectivity index (χ2n) is 19.8.